The van der Waals surface area contributed by atoms with Crippen molar-refractivity contribution in [1.82, 2.24) is 16.0 Å². The smallest absolute Gasteiger partial charge is 0.243 e. The summed E-state index contributed by atoms with van der Waals surface area (Å²) < 4.78 is 0. The Labute approximate surface area is 207 Å². The number of nitrogens with one attached hydrogen (secondary N) is 3. The molecule has 13 heteroatoms. The third-order valence-electron chi connectivity index (χ3n) is 5.30. The minimum atomic E-state index is -0.928. The van der Waals surface area contributed by atoms with Gasteiger partial charge < -0.3 is 44.6 Å². The Bertz CT molecular complexity index is 626. The molecule has 0 saturated carbocycles. The highest BCUT2D eigenvalue weighted by molar-refractivity contribution is 7.80. The molecule has 0 aliphatic rings. The number of amides is 4. The number of primary amides is 1. The molecule has 198 valence electrons. The highest BCUT2D eigenvalue weighted by Crippen LogP contribution is 2.07. The van der Waals surface area contributed by atoms with Gasteiger partial charge in [-0.25, -0.2) is 0 Å². The summed E-state index contributed by atoms with van der Waals surface area (Å²) in [7, 11) is 0. The van der Waals surface area contributed by atoms with Crippen molar-refractivity contribution in [1.29, 1.82) is 0 Å². The molecule has 0 bridgehead atoms. The van der Waals surface area contributed by atoms with Crippen molar-refractivity contribution in [2.75, 3.05) is 25.4 Å². The first-order chi connectivity index (χ1) is 16.2. The average Bonchev–Trinajstić information content (AvgIpc) is 2.81. The Morgan fingerprint density at radius 3 is 1.32 bits per heavy atom. The van der Waals surface area contributed by atoms with Gasteiger partial charge in [0.2, 0.25) is 23.6 Å². The fraction of sp³-hybridized carbons (Fsp3) is 0.810. The lowest BCUT2D eigenvalue weighted by molar-refractivity contribution is -0.133. The van der Waals surface area contributed by atoms with Crippen molar-refractivity contribution in [3.63, 3.8) is 0 Å². The van der Waals surface area contributed by atoms with E-state index >= 15 is 0 Å². The molecule has 4 atom stereocenters. The van der Waals surface area contributed by atoms with Gasteiger partial charge in [0.15, 0.2) is 0 Å². The minimum Gasteiger partial charge on any atom is -0.368 e. The van der Waals surface area contributed by atoms with Crippen molar-refractivity contribution in [3.8, 4) is 0 Å². The molecule has 12 nitrogen and oxygen atoms in total. The van der Waals surface area contributed by atoms with Crippen molar-refractivity contribution in [2.45, 2.75) is 82.0 Å². The van der Waals surface area contributed by atoms with Crippen LogP contribution in [0.1, 0.15) is 57.8 Å². The molecule has 0 unspecified atom stereocenters. The van der Waals surface area contributed by atoms with Crippen LogP contribution >= 0.6 is 12.6 Å². The SMILES string of the molecule is NCCCC[C@H](NC(=O)[C@H](CCCCN)NC(=O)[C@H](CCCCN)NC(=O)[C@@H](N)CS)C(N)=O. The second-order valence-electron chi connectivity index (χ2n) is 8.23. The Morgan fingerprint density at radius 1 is 0.618 bits per heavy atom. The predicted molar refractivity (Wildman–Crippen MR) is 136 cm³/mol. The van der Waals surface area contributed by atoms with Crippen LogP contribution < -0.4 is 44.6 Å². The third kappa shape index (κ3) is 13.7. The molecule has 0 aliphatic carbocycles. The Kier molecular flexibility index (Phi) is 18.3. The van der Waals surface area contributed by atoms with Crippen LogP contribution in [0.3, 0.4) is 0 Å². The molecule has 34 heavy (non-hydrogen) atoms. The lowest BCUT2D eigenvalue weighted by Gasteiger charge is -2.25. The van der Waals surface area contributed by atoms with Crippen molar-refractivity contribution < 1.29 is 19.2 Å². The molecule has 0 aliphatic heterocycles. The van der Waals surface area contributed by atoms with Crippen molar-refractivity contribution in [2.24, 2.45) is 28.7 Å². The highest BCUT2D eigenvalue weighted by atomic mass is 32.1. The number of carbonyl (C=O) groups is 4. The molecule has 0 saturated heterocycles. The molecule has 0 rings (SSSR count). The second kappa shape index (κ2) is 19.4. The van der Waals surface area contributed by atoms with Crippen LogP contribution in [-0.4, -0.2) is 73.2 Å². The van der Waals surface area contributed by atoms with Gasteiger partial charge in [-0.05, 0) is 77.4 Å². The predicted octanol–water partition coefficient (Wildman–Crippen LogP) is -2.43. The van der Waals surface area contributed by atoms with Gasteiger partial charge in [0.05, 0.1) is 6.04 Å². The molecule has 0 aromatic carbocycles. The number of nitrogens with two attached hydrogens (primary N) is 5. The summed E-state index contributed by atoms with van der Waals surface area (Å²) in [5.74, 6) is -2.11. The molecule has 0 radical (unpaired) electrons. The van der Waals surface area contributed by atoms with Crippen molar-refractivity contribution >= 4 is 36.3 Å². The molecule has 4 amide bonds. The number of hydrogen-bond donors (Lipinski definition) is 9. The summed E-state index contributed by atoms with van der Waals surface area (Å²) in [5, 5.41) is 7.97. The van der Waals surface area contributed by atoms with E-state index in [-0.39, 0.29) is 5.75 Å². The van der Waals surface area contributed by atoms with E-state index in [0.29, 0.717) is 77.4 Å². The molecule has 0 fully saturated rings. The van der Waals surface area contributed by atoms with Crippen LogP contribution in [0.25, 0.3) is 0 Å². The first kappa shape index (κ1) is 32.1. The van der Waals surface area contributed by atoms with E-state index in [2.05, 4.69) is 28.6 Å². The highest BCUT2D eigenvalue weighted by Gasteiger charge is 2.29. The maximum absolute atomic E-state index is 13.0. The summed E-state index contributed by atoms with van der Waals surface area (Å²) in [6, 6.07) is -3.57. The number of carbonyl (C=O) groups excluding carboxylic acids is 4. The van der Waals surface area contributed by atoms with Crippen LogP contribution in [0.15, 0.2) is 0 Å². The normalized spacial score (nSPS) is 14.5. The average molecular weight is 505 g/mol. The maximum Gasteiger partial charge on any atom is 0.243 e. The largest absolute Gasteiger partial charge is 0.368 e. The van der Waals surface area contributed by atoms with Crippen molar-refractivity contribution in [3.05, 3.63) is 0 Å². The summed E-state index contributed by atoms with van der Waals surface area (Å²) in [6.45, 7) is 1.34. The lowest BCUT2D eigenvalue weighted by atomic mass is 10.0. The molecule has 0 aromatic rings. The fourth-order valence-corrected chi connectivity index (χ4v) is 3.37. The molecular weight excluding hydrogens is 460 g/mol. The zero-order valence-electron chi connectivity index (χ0n) is 20.0. The van der Waals surface area contributed by atoms with Crippen LogP contribution in [-0.2, 0) is 19.2 Å². The Morgan fingerprint density at radius 2 is 0.971 bits per heavy atom. The van der Waals surface area contributed by atoms with Gasteiger partial charge in [-0.3, -0.25) is 19.2 Å². The quantitative estimate of drug-likeness (QED) is 0.0637. The van der Waals surface area contributed by atoms with E-state index < -0.39 is 47.8 Å². The van der Waals surface area contributed by atoms with Crippen LogP contribution in [0.4, 0.5) is 0 Å². The van der Waals surface area contributed by atoms with E-state index in [1.807, 2.05) is 0 Å². The van der Waals surface area contributed by atoms with Gasteiger partial charge in [0.1, 0.15) is 18.1 Å². The van der Waals surface area contributed by atoms with Crippen LogP contribution in [0.5, 0.6) is 0 Å². The first-order valence-electron chi connectivity index (χ1n) is 11.9. The Balaban J connectivity index is 5.41. The van der Waals surface area contributed by atoms with E-state index in [1.54, 1.807) is 0 Å². The van der Waals surface area contributed by atoms with E-state index in [0.717, 1.165) is 0 Å². The molecule has 0 aromatic heterocycles. The summed E-state index contributed by atoms with van der Waals surface area (Å²) in [6.07, 6.45) is 4.80. The summed E-state index contributed by atoms with van der Waals surface area (Å²) in [4.78, 5) is 50.0. The van der Waals surface area contributed by atoms with E-state index in [4.69, 9.17) is 28.7 Å². The van der Waals surface area contributed by atoms with Gasteiger partial charge in [0.25, 0.3) is 0 Å². The Hall–Kier alpha value is -1.93. The molecule has 13 N–H and O–H groups in total. The van der Waals surface area contributed by atoms with Gasteiger partial charge in [-0.15, -0.1) is 0 Å². The number of thiol groups is 1. The van der Waals surface area contributed by atoms with Crippen LogP contribution in [0.2, 0.25) is 0 Å². The van der Waals surface area contributed by atoms with Gasteiger partial charge in [0, 0.05) is 5.75 Å². The number of rotatable bonds is 20. The molecule has 0 heterocycles. The van der Waals surface area contributed by atoms with Gasteiger partial charge in [-0.1, -0.05) is 0 Å². The maximum atomic E-state index is 13.0. The van der Waals surface area contributed by atoms with Gasteiger partial charge in [-0.2, -0.15) is 12.6 Å². The third-order valence-corrected chi connectivity index (χ3v) is 5.69. The lowest BCUT2D eigenvalue weighted by Crippen LogP contribution is -2.57. The zero-order valence-corrected chi connectivity index (χ0v) is 20.9. The molecule has 0 spiro atoms. The van der Waals surface area contributed by atoms with E-state index in [9.17, 15) is 19.2 Å². The molecular formula is C21H44N8O4S. The van der Waals surface area contributed by atoms with E-state index in [1.165, 1.54) is 0 Å². The summed E-state index contributed by atoms with van der Waals surface area (Å²) in [5.41, 5.74) is 27.7. The standard InChI is InChI=1S/C21H44N8O4S/c22-10-4-1-7-15(18(26)30)27-20(32)17(9-3-6-12-24)29-21(33)16(8-2-5-11-23)28-19(31)14(25)13-34/h14-17,34H,1-13,22-25H2,(H2,26,30)(H,27,32)(H,28,31)(H,29,33)/t14-,15-,16-,17-/m0/s1. The minimum absolute atomic E-state index is 0.117. The topological polar surface area (TPSA) is 234 Å². The monoisotopic (exact) mass is 504 g/mol. The van der Waals surface area contributed by atoms with Crippen LogP contribution in [0, 0.1) is 0 Å². The summed E-state index contributed by atoms with van der Waals surface area (Å²) >= 11 is 4.01. The fourth-order valence-electron chi connectivity index (χ4n) is 3.21. The zero-order chi connectivity index (χ0) is 25.9. The first-order valence-corrected chi connectivity index (χ1v) is 12.5. The second-order valence-corrected chi connectivity index (χ2v) is 8.59. The van der Waals surface area contributed by atoms with Gasteiger partial charge >= 0.3 is 0 Å². The number of hydrogen-bond acceptors (Lipinski definition) is 9. The number of unbranched alkanes of at least 4 members (excludes halogenated alkanes) is 3.